The third kappa shape index (κ3) is 4.77. The second kappa shape index (κ2) is 8.39. The first-order valence-corrected chi connectivity index (χ1v) is 9.13. The second-order valence-corrected chi connectivity index (χ2v) is 7.11. The molecule has 0 unspecified atom stereocenters. The average molecular weight is 372 g/mol. The number of ether oxygens (including phenoxy) is 1. The van der Waals surface area contributed by atoms with Gasteiger partial charge in [0.2, 0.25) is 0 Å². The van der Waals surface area contributed by atoms with E-state index in [9.17, 15) is 14.3 Å². The number of amides is 1. The van der Waals surface area contributed by atoms with Crippen LogP contribution in [0.5, 0.6) is 0 Å². The molecule has 2 aromatic carbocycles. The minimum atomic E-state index is -0.594. The summed E-state index contributed by atoms with van der Waals surface area (Å²) in [6, 6.07) is 15.6. The Balaban J connectivity index is 1.60. The number of rotatable bonds is 5. The van der Waals surface area contributed by atoms with Gasteiger partial charge in [-0.05, 0) is 43.5 Å². The Morgan fingerprint density at radius 2 is 2.07 bits per heavy atom. The topological polar surface area (TPSA) is 61.8 Å². The van der Waals surface area contributed by atoms with Crippen LogP contribution in [0.15, 0.2) is 54.6 Å². The molecule has 0 aliphatic carbocycles. The lowest BCUT2D eigenvalue weighted by molar-refractivity contribution is 0.0475. The molecule has 5 nitrogen and oxygen atoms in total. The summed E-state index contributed by atoms with van der Waals surface area (Å²) < 4.78 is 18.9. The zero-order valence-electron chi connectivity index (χ0n) is 15.4. The van der Waals surface area contributed by atoms with Gasteiger partial charge in [-0.2, -0.15) is 0 Å². The number of hydrogen-bond donors (Lipinski definition) is 2. The third-order valence-electron chi connectivity index (χ3n) is 5.03. The van der Waals surface area contributed by atoms with E-state index in [1.54, 1.807) is 17.0 Å². The highest BCUT2D eigenvalue weighted by Gasteiger charge is 2.40. The van der Waals surface area contributed by atoms with Gasteiger partial charge in [0.05, 0.1) is 12.1 Å². The van der Waals surface area contributed by atoms with Gasteiger partial charge in [0.1, 0.15) is 12.4 Å². The highest BCUT2D eigenvalue weighted by molar-refractivity contribution is 5.68. The number of benzene rings is 2. The minimum Gasteiger partial charge on any atom is -0.445 e. The molecule has 1 fully saturated rings. The zero-order chi connectivity index (χ0) is 19.3. The molecular weight excluding hydrogens is 347 g/mol. The van der Waals surface area contributed by atoms with Crippen LogP contribution in [-0.2, 0) is 11.3 Å². The van der Waals surface area contributed by atoms with Gasteiger partial charge in [0.15, 0.2) is 0 Å². The van der Waals surface area contributed by atoms with E-state index in [0.29, 0.717) is 25.1 Å². The second-order valence-electron chi connectivity index (χ2n) is 7.11. The van der Waals surface area contributed by atoms with Crippen LogP contribution in [0, 0.1) is 5.82 Å². The number of piperidine rings is 1. The van der Waals surface area contributed by atoms with E-state index in [-0.39, 0.29) is 31.2 Å². The summed E-state index contributed by atoms with van der Waals surface area (Å²) in [7, 11) is 0. The molecule has 1 aliphatic rings. The van der Waals surface area contributed by atoms with Gasteiger partial charge in [-0.25, -0.2) is 9.18 Å². The minimum absolute atomic E-state index is 0.0965. The lowest BCUT2D eigenvalue weighted by atomic mass is 9.84. The van der Waals surface area contributed by atoms with E-state index in [4.69, 9.17) is 4.74 Å². The smallest absolute Gasteiger partial charge is 0.410 e. The lowest BCUT2D eigenvalue weighted by Gasteiger charge is -2.45. The molecule has 144 valence electrons. The molecule has 1 heterocycles. The van der Waals surface area contributed by atoms with Crippen LogP contribution in [0.25, 0.3) is 0 Å². The standard InChI is InChI=1S/C21H25FN2O3/c1-16-13-21(15-25,23-19-9-5-8-18(22)12-19)10-11-24(16)20(26)27-14-17-6-3-2-4-7-17/h2-9,12,16,23,25H,10-11,13-15H2,1H3/t16-,21+/m0/s1. The molecule has 0 bridgehead atoms. The van der Waals surface area contributed by atoms with E-state index in [2.05, 4.69) is 5.32 Å². The molecule has 1 aliphatic heterocycles. The number of nitrogens with one attached hydrogen (secondary N) is 1. The number of hydrogen-bond acceptors (Lipinski definition) is 4. The maximum atomic E-state index is 13.4. The summed E-state index contributed by atoms with van der Waals surface area (Å²) in [5.74, 6) is -0.330. The van der Waals surface area contributed by atoms with Crippen LogP contribution in [0.3, 0.4) is 0 Å². The van der Waals surface area contributed by atoms with Crippen molar-refractivity contribution < 1.29 is 19.0 Å². The van der Waals surface area contributed by atoms with Gasteiger partial charge in [-0.15, -0.1) is 0 Å². The van der Waals surface area contributed by atoms with E-state index >= 15 is 0 Å². The van der Waals surface area contributed by atoms with Crippen LogP contribution in [-0.4, -0.2) is 40.8 Å². The molecule has 27 heavy (non-hydrogen) atoms. The van der Waals surface area contributed by atoms with E-state index in [1.165, 1.54) is 12.1 Å². The predicted octanol–water partition coefficient (Wildman–Crippen LogP) is 3.79. The third-order valence-corrected chi connectivity index (χ3v) is 5.03. The Labute approximate surface area is 158 Å². The number of aliphatic hydroxyl groups is 1. The van der Waals surface area contributed by atoms with Crippen LogP contribution in [0.1, 0.15) is 25.3 Å². The summed E-state index contributed by atoms with van der Waals surface area (Å²) in [6.07, 6.45) is 0.731. The van der Waals surface area contributed by atoms with E-state index in [0.717, 1.165) is 5.56 Å². The Hall–Kier alpha value is -2.60. The Kier molecular flexibility index (Phi) is 5.96. The van der Waals surface area contributed by atoms with Gasteiger partial charge in [-0.1, -0.05) is 36.4 Å². The maximum absolute atomic E-state index is 13.4. The monoisotopic (exact) mass is 372 g/mol. The summed E-state index contributed by atoms with van der Waals surface area (Å²) >= 11 is 0. The van der Waals surface area contributed by atoms with Crippen LogP contribution in [0.4, 0.5) is 14.9 Å². The highest BCUT2D eigenvalue weighted by atomic mass is 19.1. The number of carbonyl (C=O) groups excluding carboxylic acids is 1. The normalized spacial score (nSPS) is 22.3. The van der Waals surface area contributed by atoms with Crippen molar-refractivity contribution in [3.63, 3.8) is 0 Å². The molecule has 6 heteroatoms. The van der Waals surface area contributed by atoms with Crippen molar-refractivity contribution in [3.8, 4) is 0 Å². The molecule has 0 aromatic heterocycles. The van der Waals surface area contributed by atoms with Gasteiger partial charge in [0, 0.05) is 18.3 Å². The molecule has 2 aromatic rings. The Morgan fingerprint density at radius 1 is 1.30 bits per heavy atom. The molecule has 0 spiro atoms. The summed E-state index contributed by atoms with van der Waals surface area (Å²) in [5.41, 5.74) is 0.966. The van der Waals surface area contributed by atoms with Crippen molar-refractivity contribution in [2.24, 2.45) is 0 Å². The lowest BCUT2D eigenvalue weighted by Crippen LogP contribution is -2.56. The number of aliphatic hydroxyl groups excluding tert-OH is 1. The predicted molar refractivity (Wildman–Crippen MR) is 102 cm³/mol. The van der Waals surface area contributed by atoms with Gasteiger partial charge in [0.25, 0.3) is 0 Å². The number of likely N-dealkylation sites (tertiary alicyclic amines) is 1. The van der Waals surface area contributed by atoms with Crippen LogP contribution >= 0.6 is 0 Å². The first-order chi connectivity index (χ1) is 13.0. The maximum Gasteiger partial charge on any atom is 0.410 e. The molecule has 0 radical (unpaired) electrons. The zero-order valence-corrected chi connectivity index (χ0v) is 15.4. The Morgan fingerprint density at radius 3 is 2.74 bits per heavy atom. The largest absolute Gasteiger partial charge is 0.445 e. The van der Waals surface area contributed by atoms with Gasteiger partial charge in [-0.3, -0.25) is 0 Å². The van der Waals surface area contributed by atoms with Crippen molar-refractivity contribution in [2.75, 3.05) is 18.5 Å². The number of carbonyl (C=O) groups is 1. The van der Waals surface area contributed by atoms with E-state index in [1.807, 2.05) is 37.3 Å². The van der Waals surface area contributed by atoms with Crippen molar-refractivity contribution in [1.29, 1.82) is 0 Å². The van der Waals surface area contributed by atoms with E-state index < -0.39 is 5.54 Å². The van der Waals surface area contributed by atoms with Crippen molar-refractivity contribution in [1.82, 2.24) is 4.90 Å². The molecule has 1 saturated heterocycles. The molecule has 0 saturated carbocycles. The first kappa shape index (κ1) is 19.2. The van der Waals surface area contributed by atoms with Crippen molar-refractivity contribution >= 4 is 11.8 Å². The molecule has 2 atom stereocenters. The number of anilines is 1. The van der Waals surface area contributed by atoms with Gasteiger partial charge >= 0.3 is 6.09 Å². The van der Waals surface area contributed by atoms with Crippen molar-refractivity contribution in [2.45, 2.75) is 38.0 Å². The Bertz CT molecular complexity index is 771. The fourth-order valence-corrected chi connectivity index (χ4v) is 3.58. The quantitative estimate of drug-likeness (QED) is 0.838. The molecule has 3 rings (SSSR count). The highest BCUT2D eigenvalue weighted by Crippen LogP contribution is 2.31. The average Bonchev–Trinajstić information content (AvgIpc) is 2.67. The SMILES string of the molecule is C[C@H]1C[C@](CO)(Nc2cccc(F)c2)CCN1C(=O)OCc1ccccc1. The summed E-state index contributed by atoms with van der Waals surface area (Å²) in [5, 5.41) is 13.2. The molecule has 2 N–H and O–H groups in total. The fourth-order valence-electron chi connectivity index (χ4n) is 3.58. The molecule has 1 amide bonds. The summed E-state index contributed by atoms with van der Waals surface area (Å²) in [4.78, 5) is 14.1. The summed E-state index contributed by atoms with van der Waals surface area (Å²) in [6.45, 7) is 2.52. The molecular formula is C21H25FN2O3. The first-order valence-electron chi connectivity index (χ1n) is 9.13. The number of nitrogens with zero attached hydrogens (tertiary/aromatic N) is 1. The number of halogens is 1. The van der Waals surface area contributed by atoms with Crippen LogP contribution in [0.2, 0.25) is 0 Å². The fraction of sp³-hybridized carbons (Fsp3) is 0.381. The van der Waals surface area contributed by atoms with Crippen molar-refractivity contribution in [3.05, 3.63) is 66.0 Å². The van der Waals surface area contributed by atoms with Gasteiger partial charge < -0.3 is 20.1 Å². The van der Waals surface area contributed by atoms with Crippen LogP contribution < -0.4 is 5.32 Å².